The van der Waals surface area contributed by atoms with Crippen molar-refractivity contribution in [3.63, 3.8) is 0 Å². The number of rotatable bonds is 1. The van der Waals surface area contributed by atoms with Crippen molar-refractivity contribution in [2.24, 2.45) is 0 Å². The fourth-order valence-electron chi connectivity index (χ4n) is 1.28. The number of nitrogens with zero attached hydrogens (tertiary/aromatic N) is 2. The minimum atomic E-state index is -2.57. The first-order valence-corrected chi connectivity index (χ1v) is 3.87. The summed E-state index contributed by atoms with van der Waals surface area (Å²) in [5, 5.41) is 8.71. The van der Waals surface area contributed by atoms with Crippen LogP contribution in [0.5, 0.6) is 0 Å². The molecule has 1 heterocycles. The number of nitrogens with one attached hydrogen (secondary N) is 1. The van der Waals surface area contributed by atoms with E-state index in [2.05, 4.69) is 9.97 Å². The lowest BCUT2D eigenvalue weighted by Gasteiger charge is -2.00. The number of hydrogen-bond donors (Lipinski definition) is 1. The molecule has 1 N–H and O–H groups in total. The van der Waals surface area contributed by atoms with Crippen LogP contribution in [0.15, 0.2) is 18.5 Å². The van der Waals surface area contributed by atoms with Crippen molar-refractivity contribution in [3.05, 3.63) is 29.6 Å². The number of hydrogen-bond acceptors (Lipinski definition) is 2. The molecule has 0 aliphatic heterocycles. The molecule has 5 heteroatoms. The number of benzene rings is 1. The van der Waals surface area contributed by atoms with E-state index in [4.69, 9.17) is 5.26 Å². The molecule has 0 fully saturated rings. The highest BCUT2D eigenvalue weighted by atomic mass is 19.3. The maximum absolute atomic E-state index is 12.4. The molecule has 0 spiro atoms. The Morgan fingerprint density at radius 1 is 1.43 bits per heavy atom. The summed E-state index contributed by atoms with van der Waals surface area (Å²) in [4.78, 5) is 6.56. The molecular weight excluding hydrogens is 188 g/mol. The van der Waals surface area contributed by atoms with E-state index in [0.29, 0.717) is 11.0 Å². The summed E-state index contributed by atoms with van der Waals surface area (Å²) in [6, 6.07) is 4.30. The third kappa shape index (κ3) is 1.21. The van der Waals surface area contributed by atoms with Gasteiger partial charge in [-0.05, 0) is 12.1 Å². The predicted octanol–water partition coefficient (Wildman–Crippen LogP) is 2.37. The Bertz CT molecular complexity index is 510. The van der Waals surface area contributed by atoms with Crippen LogP contribution in [0.25, 0.3) is 11.0 Å². The van der Waals surface area contributed by atoms with Gasteiger partial charge in [0.05, 0.1) is 17.4 Å². The quantitative estimate of drug-likeness (QED) is 0.755. The van der Waals surface area contributed by atoms with Gasteiger partial charge in [-0.1, -0.05) is 0 Å². The van der Waals surface area contributed by atoms with Gasteiger partial charge in [-0.2, -0.15) is 5.26 Å². The topological polar surface area (TPSA) is 52.5 Å². The van der Waals surface area contributed by atoms with Crippen molar-refractivity contribution in [3.8, 4) is 6.07 Å². The van der Waals surface area contributed by atoms with E-state index in [1.807, 2.05) is 6.07 Å². The van der Waals surface area contributed by atoms with Gasteiger partial charge in [0.2, 0.25) is 0 Å². The van der Waals surface area contributed by atoms with Crippen molar-refractivity contribution in [1.82, 2.24) is 9.97 Å². The fourth-order valence-corrected chi connectivity index (χ4v) is 1.28. The Labute approximate surface area is 78.0 Å². The van der Waals surface area contributed by atoms with Crippen molar-refractivity contribution in [1.29, 1.82) is 5.26 Å². The zero-order chi connectivity index (χ0) is 10.1. The molecule has 0 saturated heterocycles. The second-order valence-corrected chi connectivity index (χ2v) is 2.78. The molecule has 1 aromatic carbocycles. The van der Waals surface area contributed by atoms with Gasteiger partial charge in [0.15, 0.2) is 0 Å². The maximum atomic E-state index is 12.4. The number of H-pyrrole nitrogens is 1. The SMILES string of the molecule is N#Cc1cc(C(F)F)cc2[nH]cnc12. The summed E-state index contributed by atoms with van der Waals surface area (Å²) in [7, 11) is 0. The average Bonchev–Trinajstić information content (AvgIpc) is 2.63. The number of imidazole rings is 1. The molecule has 0 aliphatic carbocycles. The molecule has 0 unspecified atom stereocenters. The van der Waals surface area contributed by atoms with Crippen LogP contribution in [0.1, 0.15) is 17.6 Å². The third-order valence-electron chi connectivity index (χ3n) is 1.92. The van der Waals surface area contributed by atoms with Crippen molar-refractivity contribution >= 4 is 11.0 Å². The van der Waals surface area contributed by atoms with Gasteiger partial charge in [-0.25, -0.2) is 13.8 Å². The predicted molar refractivity (Wildman–Crippen MR) is 45.8 cm³/mol. The van der Waals surface area contributed by atoms with Crippen molar-refractivity contribution < 1.29 is 8.78 Å². The molecule has 14 heavy (non-hydrogen) atoms. The molecule has 70 valence electrons. The number of alkyl halides is 2. The van der Waals surface area contributed by atoms with Gasteiger partial charge >= 0.3 is 0 Å². The molecule has 0 bridgehead atoms. The second-order valence-electron chi connectivity index (χ2n) is 2.78. The van der Waals surface area contributed by atoms with Crippen LogP contribution in [0.2, 0.25) is 0 Å². The van der Waals surface area contributed by atoms with E-state index in [0.717, 1.165) is 6.07 Å². The molecule has 3 nitrogen and oxygen atoms in total. The van der Waals surface area contributed by atoms with Crippen LogP contribution in [0, 0.1) is 11.3 Å². The highest BCUT2D eigenvalue weighted by molar-refractivity contribution is 5.81. The molecule has 0 atom stereocenters. The van der Waals surface area contributed by atoms with E-state index in [1.54, 1.807) is 0 Å². The Morgan fingerprint density at radius 2 is 2.21 bits per heavy atom. The number of halogens is 2. The largest absolute Gasteiger partial charge is 0.345 e. The smallest absolute Gasteiger partial charge is 0.263 e. The van der Waals surface area contributed by atoms with Gasteiger partial charge in [-0.3, -0.25) is 0 Å². The Kier molecular flexibility index (Phi) is 1.89. The molecule has 0 saturated carbocycles. The van der Waals surface area contributed by atoms with E-state index in [-0.39, 0.29) is 11.1 Å². The minimum Gasteiger partial charge on any atom is -0.345 e. The highest BCUT2D eigenvalue weighted by Gasteiger charge is 2.12. The first-order valence-electron chi connectivity index (χ1n) is 3.87. The Hall–Kier alpha value is -1.96. The zero-order valence-corrected chi connectivity index (χ0v) is 6.96. The summed E-state index contributed by atoms with van der Waals surface area (Å²) >= 11 is 0. The molecule has 1 aromatic heterocycles. The van der Waals surface area contributed by atoms with Crippen molar-refractivity contribution in [2.75, 3.05) is 0 Å². The van der Waals surface area contributed by atoms with E-state index in [1.165, 1.54) is 12.4 Å². The van der Waals surface area contributed by atoms with Gasteiger partial charge in [0.25, 0.3) is 6.43 Å². The van der Waals surface area contributed by atoms with Gasteiger partial charge in [-0.15, -0.1) is 0 Å². The minimum absolute atomic E-state index is 0.166. The monoisotopic (exact) mass is 193 g/mol. The van der Waals surface area contributed by atoms with Crippen LogP contribution in [0.3, 0.4) is 0 Å². The number of nitriles is 1. The van der Waals surface area contributed by atoms with E-state index in [9.17, 15) is 8.78 Å². The van der Waals surface area contributed by atoms with Crippen LogP contribution in [-0.4, -0.2) is 9.97 Å². The lowest BCUT2D eigenvalue weighted by Crippen LogP contribution is -1.87. The normalized spacial score (nSPS) is 10.7. The number of fused-ring (bicyclic) bond motifs is 1. The first-order chi connectivity index (χ1) is 6.72. The van der Waals surface area contributed by atoms with E-state index >= 15 is 0 Å². The number of aromatic nitrogens is 2. The summed E-state index contributed by atoms with van der Waals surface area (Å²) in [6.45, 7) is 0. The summed E-state index contributed by atoms with van der Waals surface area (Å²) < 4.78 is 24.7. The van der Waals surface area contributed by atoms with Crippen LogP contribution >= 0.6 is 0 Å². The van der Waals surface area contributed by atoms with Crippen molar-refractivity contribution in [2.45, 2.75) is 6.43 Å². The van der Waals surface area contributed by atoms with Gasteiger partial charge in [0, 0.05) is 5.56 Å². The molecular formula is C9H5F2N3. The van der Waals surface area contributed by atoms with Gasteiger partial charge in [0.1, 0.15) is 11.6 Å². The maximum Gasteiger partial charge on any atom is 0.263 e. The summed E-state index contributed by atoms with van der Waals surface area (Å²) in [5.74, 6) is 0. The lowest BCUT2D eigenvalue weighted by molar-refractivity contribution is 0.151. The lowest BCUT2D eigenvalue weighted by atomic mass is 10.1. The Morgan fingerprint density at radius 3 is 2.86 bits per heavy atom. The summed E-state index contributed by atoms with van der Waals surface area (Å²) in [5.41, 5.74) is 0.883. The van der Waals surface area contributed by atoms with E-state index < -0.39 is 6.43 Å². The number of aromatic amines is 1. The van der Waals surface area contributed by atoms with Crippen LogP contribution in [-0.2, 0) is 0 Å². The van der Waals surface area contributed by atoms with Crippen LogP contribution < -0.4 is 0 Å². The third-order valence-corrected chi connectivity index (χ3v) is 1.92. The fraction of sp³-hybridized carbons (Fsp3) is 0.111. The van der Waals surface area contributed by atoms with Gasteiger partial charge < -0.3 is 4.98 Å². The standard InChI is InChI=1S/C9H5F2N3/c10-9(11)5-1-6(3-12)8-7(2-5)13-4-14-8/h1-2,4,9H,(H,13,14). The Balaban J connectivity index is 2.75. The molecule has 0 aliphatic rings. The zero-order valence-electron chi connectivity index (χ0n) is 6.96. The second kappa shape index (κ2) is 3.07. The highest BCUT2D eigenvalue weighted by Crippen LogP contribution is 2.24. The molecule has 2 aromatic rings. The summed E-state index contributed by atoms with van der Waals surface area (Å²) in [6.07, 6.45) is -1.20. The molecule has 0 radical (unpaired) electrons. The average molecular weight is 193 g/mol. The molecule has 2 rings (SSSR count). The van der Waals surface area contributed by atoms with Crippen LogP contribution in [0.4, 0.5) is 8.78 Å². The first kappa shape index (κ1) is 8.63. The molecule has 0 amide bonds.